The van der Waals surface area contributed by atoms with E-state index < -0.39 is 11.6 Å². The number of aliphatic hydroxyl groups is 1. The largest absolute Gasteiger partial charge is 0.366 e. The van der Waals surface area contributed by atoms with E-state index in [1.54, 1.807) is 26.0 Å². The van der Waals surface area contributed by atoms with Crippen LogP contribution >= 0.6 is 0 Å². The Bertz CT molecular complexity index is 1080. The van der Waals surface area contributed by atoms with Crippen molar-refractivity contribution >= 4 is 0 Å². The Balaban J connectivity index is 1.68. The first kappa shape index (κ1) is 26.5. The van der Waals surface area contributed by atoms with Crippen molar-refractivity contribution in [3.8, 4) is 6.07 Å². The minimum absolute atomic E-state index is 0.0400. The van der Waals surface area contributed by atoms with Gasteiger partial charge in [0, 0.05) is 19.1 Å². The predicted octanol–water partition coefficient (Wildman–Crippen LogP) is 4.69. The Morgan fingerprint density at radius 3 is 2.23 bits per heavy atom. The van der Waals surface area contributed by atoms with Gasteiger partial charge < -0.3 is 20.5 Å². The van der Waals surface area contributed by atoms with Gasteiger partial charge in [-0.05, 0) is 62.1 Å². The van der Waals surface area contributed by atoms with Crippen molar-refractivity contribution in [3.05, 3.63) is 107 Å². The van der Waals surface area contributed by atoms with Gasteiger partial charge in [0.1, 0.15) is 11.9 Å². The predicted molar refractivity (Wildman–Crippen MR) is 136 cm³/mol. The molecule has 0 radical (unpaired) electrons. The Morgan fingerprint density at radius 2 is 1.60 bits per heavy atom. The number of hydrogen-bond acceptors (Lipinski definition) is 5. The SMILES string of the molecule is CC(C)(O)OC(CCNCc1ccc(F)c(C#N)c1)C(Cc1ccccc1)NCc1ccccc1. The molecule has 5 nitrogen and oxygen atoms in total. The van der Waals surface area contributed by atoms with Crippen molar-refractivity contribution in [3.63, 3.8) is 0 Å². The second kappa shape index (κ2) is 13.1. The van der Waals surface area contributed by atoms with Crippen molar-refractivity contribution in [2.75, 3.05) is 6.54 Å². The number of hydrogen-bond donors (Lipinski definition) is 3. The van der Waals surface area contributed by atoms with Gasteiger partial charge >= 0.3 is 0 Å². The van der Waals surface area contributed by atoms with Gasteiger partial charge in [-0.3, -0.25) is 0 Å². The number of ether oxygens (including phenoxy) is 1. The molecule has 0 aliphatic rings. The molecule has 35 heavy (non-hydrogen) atoms. The van der Waals surface area contributed by atoms with Gasteiger partial charge in [0.25, 0.3) is 0 Å². The highest BCUT2D eigenvalue weighted by Crippen LogP contribution is 2.18. The summed E-state index contributed by atoms with van der Waals surface area (Å²) in [5.74, 6) is -1.80. The van der Waals surface area contributed by atoms with Crippen LogP contribution in [0.5, 0.6) is 0 Å². The zero-order chi connectivity index (χ0) is 25.1. The lowest BCUT2D eigenvalue weighted by Crippen LogP contribution is -2.47. The van der Waals surface area contributed by atoms with E-state index in [2.05, 4.69) is 34.9 Å². The molecule has 0 aliphatic carbocycles. The van der Waals surface area contributed by atoms with Crippen molar-refractivity contribution < 1.29 is 14.2 Å². The summed E-state index contributed by atoms with van der Waals surface area (Å²) in [5, 5.41) is 26.5. The molecule has 0 aromatic heterocycles. The minimum atomic E-state index is -1.29. The number of halogens is 1. The zero-order valence-electron chi connectivity index (χ0n) is 20.4. The Labute approximate surface area is 207 Å². The van der Waals surface area contributed by atoms with E-state index in [1.165, 1.54) is 17.2 Å². The fourth-order valence-corrected chi connectivity index (χ4v) is 4.01. The van der Waals surface area contributed by atoms with Gasteiger partial charge in [-0.25, -0.2) is 4.39 Å². The van der Waals surface area contributed by atoms with E-state index in [1.807, 2.05) is 42.5 Å². The maximum Gasteiger partial charge on any atom is 0.160 e. The molecular formula is C29H34FN3O2. The first-order valence-corrected chi connectivity index (χ1v) is 11.9. The molecular weight excluding hydrogens is 441 g/mol. The Morgan fingerprint density at radius 1 is 0.943 bits per heavy atom. The molecule has 3 N–H and O–H groups in total. The van der Waals surface area contributed by atoms with Crippen molar-refractivity contribution in [2.45, 2.75) is 57.7 Å². The third-order valence-electron chi connectivity index (χ3n) is 5.68. The number of nitriles is 1. The van der Waals surface area contributed by atoms with Crippen LogP contribution in [-0.4, -0.2) is 29.6 Å². The topological polar surface area (TPSA) is 77.3 Å². The highest BCUT2D eigenvalue weighted by atomic mass is 19.1. The van der Waals surface area contributed by atoms with Crippen LogP contribution in [0, 0.1) is 17.1 Å². The van der Waals surface area contributed by atoms with Crippen LogP contribution < -0.4 is 10.6 Å². The molecule has 0 heterocycles. The van der Waals surface area contributed by atoms with E-state index in [0.717, 1.165) is 12.0 Å². The average molecular weight is 476 g/mol. The molecule has 184 valence electrons. The third kappa shape index (κ3) is 9.23. The lowest BCUT2D eigenvalue weighted by Gasteiger charge is -2.33. The molecule has 3 aromatic carbocycles. The van der Waals surface area contributed by atoms with Crippen LogP contribution in [0.25, 0.3) is 0 Å². The van der Waals surface area contributed by atoms with Gasteiger partial charge in [-0.2, -0.15) is 5.26 Å². The van der Waals surface area contributed by atoms with Crippen LogP contribution in [0.3, 0.4) is 0 Å². The first-order valence-electron chi connectivity index (χ1n) is 11.9. The molecule has 0 aliphatic heterocycles. The summed E-state index contributed by atoms with van der Waals surface area (Å²) in [4.78, 5) is 0. The van der Waals surface area contributed by atoms with E-state index in [0.29, 0.717) is 26.1 Å². The monoisotopic (exact) mass is 475 g/mol. The molecule has 0 bridgehead atoms. The molecule has 2 unspecified atom stereocenters. The zero-order valence-corrected chi connectivity index (χ0v) is 20.4. The highest BCUT2D eigenvalue weighted by Gasteiger charge is 2.28. The number of benzene rings is 3. The number of rotatable bonds is 13. The molecule has 3 rings (SSSR count). The maximum absolute atomic E-state index is 13.6. The smallest absolute Gasteiger partial charge is 0.160 e. The van der Waals surface area contributed by atoms with Gasteiger partial charge in [-0.1, -0.05) is 66.7 Å². The average Bonchev–Trinajstić information content (AvgIpc) is 2.85. The summed E-state index contributed by atoms with van der Waals surface area (Å²) in [6.45, 7) is 5.10. The number of nitrogens with zero attached hydrogens (tertiary/aromatic N) is 1. The van der Waals surface area contributed by atoms with E-state index in [9.17, 15) is 9.50 Å². The van der Waals surface area contributed by atoms with E-state index in [4.69, 9.17) is 10.00 Å². The normalized spacial score (nSPS) is 13.2. The summed E-state index contributed by atoms with van der Waals surface area (Å²) < 4.78 is 19.7. The van der Waals surface area contributed by atoms with Crippen LogP contribution in [0.1, 0.15) is 42.5 Å². The van der Waals surface area contributed by atoms with Gasteiger partial charge in [0.05, 0.1) is 11.7 Å². The molecule has 0 fully saturated rings. The lowest BCUT2D eigenvalue weighted by atomic mass is 9.98. The molecule has 0 saturated carbocycles. The molecule has 0 amide bonds. The quantitative estimate of drug-likeness (QED) is 0.247. The summed E-state index contributed by atoms with van der Waals surface area (Å²) in [6, 6.07) is 26.8. The fourth-order valence-electron chi connectivity index (χ4n) is 4.01. The molecule has 6 heteroatoms. The summed E-state index contributed by atoms with van der Waals surface area (Å²) in [5.41, 5.74) is 3.24. The standard InChI is InChI=1S/C29H34FN3O2/c1-29(2,34)35-28(15-16-32-20-24-13-14-26(30)25(17-24)19-31)27(18-22-9-5-3-6-10-22)33-21-23-11-7-4-8-12-23/h3-14,17,27-28,32-34H,15-16,18,20-21H2,1-2H3. The van der Waals surface area contributed by atoms with Gasteiger partial charge in [-0.15, -0.1) is 0 Å². The summed E-state index contributed by atoms with van der Waals surface area (Å²) in [7, 11) is 0. The molecule has 0 saturated heterocycles. The Kier molecular flexibility index (Phi) is 9.95. The van der Waals surface area contributed by atoms with Crippen LogP contribution in [0.4, 0.5) is 4.39 Å². The maximum atomic E-state index is 13.6. The van der Waals surface area contributed by atoms with Gasteiger partial charge in [0.2, 0.25) is 0 Å². The molecule has 0 spiro atoms. The van der Waals surface area contributed by atoms with Crippen LogP contribution in [0.2, 0.25) is 0 Å². The second-order valence-electron chi connectivity index (χ2n) is 9.16. The fraction of sp³-hybridized carbons (Fsp3) is 0.345. The Hall–Kier alpha value is -3.08. The van der Waals surface area contributed by atoms with Crippen LogP contribution in [0.15, 0.2) is 78.9 Å². The van der Waals surface area contributed by atoms with Gasteiger partial charge in [0.15, 0.2) is 5.79 Å². The summed E-state index contributed by atoms with van der Waals surface area (Å²) >= 11 is 0. The molecule has 3 aromatic rings. The van der Waals surface area contributed by atoms with Crippen molar-refractivity contribution in [1.82, 2.24) is 10.6 Å². The van der Waals surface area contributed by atoms with E-state index in [-0.39, 0.29) is 17.7 Å². The van der Waals surface area contributed by atoms with Crippen LogP contribution in [-0.2, 0) is 24.2 Å². The molecule has 2 atom stereocenters. The number of nitrogens with one attached hydrogen (secondary N) is 2. The second-order valence-corrected chi connectivity index (χ2v) is 9.16. The van der Waals surface area contributed by atoms with Crippen molar-refractivity contribution in [2.24, 2.45) is 0 Å². The van der Waals surface area contributed by atoms with E-state index >= 15 is 0 Å². The summed E-state index contributed by atoms with van der Waals surface area (Å²) in [6.07, 6.45) is 1.13. The first-order chi connectivity index (χ1) is 16.8. The van der Waals surface area contributed by atoms with Crippen molar-refractivity contribution in [1.29, 1.82) is 5.26 Å². The lowest BCUT2D eigenvalue weighted by molar-refractivity contribution is -0.212. The highest BCUT2D eigenvalue weighted by molar-refractivity contribution is 5.34. The minimum Gasteiger partial charge on any atom is -0.366 e. The third-order valence-corrected chi connectivity index (χ3v) is 5.68.